The summed E-state index contributed by atoms with van der Waals surface area (Å²) in [6, 6.07) is 3.67. The quantitative estimate of drug-likeness (QED) is 0.739. The molecule has 0 amide bonds. The molecular weight excluding hydrogens is 204 g/mol. The van der Waals surface area contributed by atoms with Crippen molar-refractivity contribution in [3.05, 3.63) is 24.5 Å². The second-order valence-electron chi connectivity index (χ2n) is 2.68. The van der Waals surface area contributed by atoms with Gasteiger partial charge in [0.15, 0.2) is 0 Å². The smallest absolute Gasteiger partial charge is 0.130 e. The van der Waals surface area contributed by atoms with Gasteiger partial charge in [0.1, 0.15) is 11.0 Å². The van der Waals surface area contributed by atoms with Gasteiger partial charge in [0.25, 0.3) is 0 Å². The molecule has 0 spiro atoms. The molecular formula is C8H10N2OS2. The average Bonchev–Trinajstić information content (AvgIpc) is 2.71. The first-order chi connectivity index (χ1) is 6.38. The first kappa shape index (κ1) is 9.18. The zero-order valence-electron chi connectivity index (χ0n) is 7.05. The molecule has 2 rings (SSSR count). The van der Waals surface area contributed by atoms with Gasteiger partial charge in [-0.3, -0.25) is 4.98 Å². The molecule has 1 fully saturated rings. The second kappa shape index (κ2) is 4.21. The first-order valence-electron chi connectivity index (χ1n) is 4.02. The molecule has 0 saturated carbocycles. The lowest BCUT2D eigenvalue weighted by Crippen LogP contribution is -2.22. The summed E-state index contributed by atoms with van der Waals surface area (Å²) in [5, 5.41) is 0. The lowest BCUT2D eigenvalue weighted by atomic mass is 10.5. The summed E-state index contributed by atoms with van der Waals surface area (Å²) >= 11 is 1.82. The van der Waals surface area contributed by atoms with Crippen molar-refractivity contribution < 1.29 is 4.21 Å². The van der Waals surface area contributed by atoms with E-state index >= 15 is 0 Å². The molecule has 1 unspecified atom stereocenters. The minimum atomic E-state index is -1.01. The zero-order chi connectivity index (χ0) is 9.10. The average molecular weight is 214 g/mol. The lowest BCUT2D eigenvalue weighted by molar-refractivity contribution is 0.553. The Labute approximate surface area is 84.1 Å². The van der Waals surface area contributed by atoms with E-state index in [0.717, 1.165) is 23.1 Å². The van der Waals surface area contributed by atoms with Crippen LogP contribution in [0.5, 0.6) is 0 Å². The minimum absolute atomic E-state index is 0.796. The Bertz CT molecular complexity index is 298. The number of thioether (sulfide) groups is 1. The third-order valence-electron chi connectivity index (χ3n) is 1.79. The van der Waals surface area contributed by atoms with Crippen molar-refractivity contribution in [3.63, 3.8) is 0 Å². The second-order valence-corrected chi connectivity index (χ2v) is 5.24. The summed E-state index contributed by atoms with van der Waals surface area (Å²) in [5.74, 6) is 1.94. The van der Waals surface area contributed by atoms with Gasteiger partial charge >= 0.3 is 0 Å². The molecule has 13 heavy (non-hydrogen) atoms. The van der Waals surface area contributed by atoms with Gasteiger partial charge in [0, 0.05) is 24.7 Å². The van der Waals surface area contributed by atoms with Crippen molar-refractivity contribution in [1.82, 2.24) is 9.29 Å². The first-order valence-corrected chi connectivity index (χ1v) is 6.29. The van der Waals surface area contributed by atoms with Crippen LogP contribution in [0.4, 0.5) is 0 Å². The maximum Gasteiger partial charge on any atom is 0.130 e. The maximum atomic E-state index is 11.8. The highest BCUT2D eigenvalue weighted by Gasteiger charge is 2.19. The third kappa shape index (κ3) is 2.10. The summed E-state index contributed by atoms with van der Waals surface area (Å²) in [4.78, 5) is 4.75. The van der Waals surface area contributed by atoms with Crippen LogP contribution < -0.4 is 0 Å². The fourth-order valence-electron chi connectivity index (χ4n) is 1.13. The molecule has 1 aromatic heterocycles. The van der Waals surface area contributed by atoms with Gasteiger partial charge in [-0.1, -0.05) is 0 Å². The molecule has 0 aromatic carbocycles. The molecule has 2 heterocycles. The van der Waals surface area contributed by atoms with E-state index < -0.39 is 11.0 Å². The normalized spacial score (nSPS) is 20.3. The molecule has 3 nitrogen and oxygen atoms in total. The van der Waals surface area contributed by atoms with Crippen LogP contribution >= 0.6 is 11.8 Å². The number of rotatable bonds is 2. The van der Waals surface area contributed by atoms with E-state index in [-0.39, 0.29) is 0 Å². The SMILES string of the molecule is O=S(c1cccnc1)N1CCSC1. The van der Waals surface area contributed by atoms with Crippen LogP contribution in [0.1, 0.15) is 0 Å². The predicted octanol–water partition coefficient (Wildman–Crippen LogP) is 1.11. The Morgan fingerprint density at radius 3 is 3.15 bits per heavy atom. The molecule has 5 heteroatoms. The number of hydrogen-bond donors (Lipinski definition) is 0. The molecule has 0 aliphatic carbocycles. The topological polar surface area (TPSA) is 33.2 Å². The van der Waals surface area contributed by atoms with Gasteiger partial charge in [0.05, 0.1) is 10.8 Å². The van der Waals surface area contributed by atoms with Crippen LogP contribution in [-0.4, -0.2) is 31.7 Å². The summed E-state index contributed by atoms with van der Waals surface area (Å²) in [5.41, 5.74) is 0. The van der Waals surface area contributed by atoms with Crippen LogP contribution in [0.3, 0.4) is 0 Å². The van der Waals surface area contributed by atoms with Gasteiger partial charge in [-0.15, -0.1) is 11.8 Å². The third-order valence-corrected chi connectivity index (χ3v) is 4.35. The largest absolute Gasteiger partial charge is 0.263 e. The molecule has 0 bridgehead atoms. The fraction of sp³-hybridized carbons (Fsp3) is 0.375. The van der Waals surface area contributed by atoms with E-state index in [2.05, 4.69) is 4.98 Å². The van der Waals surface area contributed by atoms with Gasteiger partial charge < -0.3 is 0 Å². The van der Waals surface area contributed by atoms with E-state index in [1.54, 1.807) is 12.4 Å². The molecule has 1 saturated heterocycles. The van der Waals surface area contributed by atoms with Gasteiger partial charge in [-0.25, -0.2) is 8.51 Å². The molecule has 0 N–H and O–H groups in total. The maximum absolute atomic E-state index is 11.8. The van der Waals surface area contributed by atoms with E-state index in [0.29, 0.717) is 0 Å². The summed E-state index contributed by atoms with van der Waals surface area (Å²) in [6.45, 7) is 0.909. The monoisotopic (exact) mass is 214 g/mol. The number of aromatic nitrogens is 1. The van der Waals surface area contributed by atoms with Crippen LogP contribution in [0, 0.1) is 0 Å². The van der Waals surface area contributed by atoms with E-state index in [1.165, 1.54) is 0 Å². The highest BCUT2D eigenvalue weighted by atomic mass is 32.2. The van der Waals surface area contributed by atoms with Crippen molar-refractivity contribution in [2.75, 3.05) is 18.2 Å². The number of nitrogens with zero attached hydrogens (tertiary/aromatic N) is 2. The van der Waals surface area contributed by atoms with Crippen LogP contribution in [0.2, 0.25) is 0 Å². The van der Waals surface area contributed by atoms with Crippen molar-refractivity contribution in [2.24, 2.45) is 0 Å². The van der Waals surface area contributed by atoms with Crippen LogP contribution in [0.25, 0.3) is 0 Å². The van der Waals surface area contributed by atoms with E-state index in [4.69, 9.17) is 0 Å². The predicted molar refractivity (Wildman–Crippen MR) is 54.7 cm³/mol. The van der Waals surface area contributed by atoms with Crippen molar-refractivity contribution in [1.29, 1.82) is 0 Å². The zero-order valence-corrected chi connectivity index (χ0v) is 8.68. The van der Waals surface area contributed by atoms with Crippen molar-refractivity contribution >= 4 is 22.7 Å². The summed E-state index contributed by atoms with van der Waals surface area (Å²) in [7, 11) is -1.01. The van der Waals surface area contributed by atoms with Crippen molar-refractivity contribution in [3.8, 4) is 0 Å². The Balaban J connectivity index is 2.13. The number of hydrogen-bond acceptors (Lipinski definition) is 3. The van der Waals surface area contributed by atoms with Crippen LogP contribution in [-0.2, 0) is 11.0 Å². The molecule has 1 atom stereocenters. The molecule has 0 radical (unpaired) electrons. The van der Waals surface area contributed by atoms with Gasteiger partial charge in [-0.05, 0) is 12.1 Å². The molecule has 70 valence electrons. The standard InChI is InChI=1S/C8H10N2OS2/c11-13(10-4-5-12-7-10)8-2-1-3-9-6-8/h1-3,6H,4-5,7H2. The van der Waals surface area contributed by atoms with Crippen molar-refractivity contribution in [2.45, 2.75) is 4.90 Å². The van der Waals surface area contributed by atoms with Gasteiger partial charge in [0.2, 0.25) is 0 Å². The minimum Gasteiger partial charge on any atom is -0.263 e. The number of pyridine rings is 1. The molecule has 1 aromatic rings. The fourth-order valence-corrected chi connectivity index (χ4v) is 3.56. The lowest BCUT2D eigenvalue weighted by Gasteiger charge is -2.11. The highest BCUT2D eigenvalue weighted by Crippen LogP contribution is 2.19. The summed E-state index contributed by atoms with van der Waals surface area (Å²) < 4.78 is 13.8. The highest BCUT2D eigenvalue weighted by molar-refractivity contribution is 8.00. The summed E-state index contributed by atoms with van der Waals surface area (Å²) in [6.07, 6.45) is 3.36. The Morgan fingerprint density at radius 1 is 1.62 bits per heavy atom. The molecule has 1 aliphatic rings. The van der Waals surface area contributed by atoms with E-state index in [1.807, 2.05) is 28.2 Å². The van der Waals surface area contributed by atoms with E-state index in [9.17, 15) is 4.21 Å². The Hall–Kier alpha value is -0.390. The Kier molecular flexibility index (Phi) is 2.97. The molecule has 1 aliphatic heterocycles. The van der Waals surface area contributed by atoms with Gasteiger partial charge in [-0.2, -0.15) is 0 Å². The van der Waals surface area contributed by atoms with Crippen LogP contribution in [0.15, 0.2) is 29.4 Å². The Morgan fingerprint density at radius 2 is 2.54 bits per heavy atom.